The smallest absolute Gasteiger partial charge is 0.255 e. The highest BCUT2D eigenvalue weighted by atomic mass is 32.1. The van der Waals surface area contributed by atoms with Gasteiger partial charge in [-0.1, -0.05) is 39.0 Å². The molecule has 0 radical (unpaired) electrons. The number of hydrogen-bond acceptors (Lipinski definition) is 4. The molecule has 1 heterocycles. The largest absolute Gasteiger partial charge is 0.506 e. The van der Waals surface area contributed by atoms with Gasteiger partial charge in [-0.25, -0.2) is 0 Å². The number of benzene rings is 2. The molecule has 5 nitrogen and oxygen atoms in total. The van der Waals surface area contributed by atoms with E-state index in [1.807, 2.05) is 29.6 Å². The van der Waals surface area contributed by atoms with Gasteiger partial charge in [0.1, 0.15) is 5.75 Å². The van der Waals surface area contributed by atoms with Gasteiger partial charge in [-0.3, -0.25) is 9.59 Å². The van der Waals surface area contributed by atoms with Crippen molar-refractivity contribution >= 4 is 34.5 Å². The predicted molar refractivity (Wildman–Crippen MR) is 118 cm³/mol. The zero-order chi connectivity index (χ0) is 21.0. The van der Waals surface area contributed by atoms with Gasteiger partial charge in [-0.2, -0.15) is 0 Å². The number of amides is 2. The molecule has 1 aromatic heterocycles. The molecule has 0 spiro atoms. The maximum absolute atomic E-state index is 12.5. The van der Waals surface area contributed by atoms with Crippen molar-refractivity contribution in [2.75, 3.05) is 10.6 Å². The Morgan fingerprint density at radius 3 is 2.31 bits per heavy atom. The topological polar surface area (TPSA) is 78.4 Å². The number of nitrogens with one attached hydrogen (secondary N) is 2. The first-order chi connectivity index (χ1) is 13.7. The third-order valence-electron chi connectivity index (χ3n) is 4.46. The van der Waals surface area contributed by atoms with E-state index >= 15 is 0 Å². The number of anilines is 2. The monoisotopic (exact) mass is 408 g/mol. The lowest BCUT2D eigenvalue weighted by Gasteiger charge is -2.19. The number of rotatable bonds is 5. The van der Waals surface area contributed by atoms with Crippen LogP contribution in [0.5, 0.6) is 5.75 Å². The molecular weight excluding hydrogens is 384 g/mol. The molecule has 0 fully saturated rings. The zero-order valence-corrected chi connectivity index (χ0v) is 17.5. The summed E-state index contributed by atoms with van der Waals surface area (Å²) >= 11 is 1.52. The minimum atomic E-state index is -0.310. The minimum absolute atomic E-state index is 0.0110. The van der Waals surface area contributed by atoms with E-state index in [4.69, 9.17) is 0 Å². The van der Waals surface area contributed by atoms with Crippen LogP contribution in [-0.4, -0.2) is 16.9 Å². The van der Waals surface area contributed by atoms with Crippen LogP contribution in [0.2, 0.25) is 0 Å². The number of thiophene rings is 1. The van der Waals surface area contributed by atoms with Gasteiger partial charge in [0.25, 0.3) is 5.91 Å². The molecule has 0 atom stereocenters. The molecule has 0 saturated heterocycles. The molecule has 3 rings (SSSR count). The molecule has 0 aliphatic carbocycles. The van der Waals surface area contributed by atoms with Crippen LogP contribution in [0.1, 0.15) is 41.6 Å². The lowest BCUT2D eigenvalue weighted by Crippen LogP contribution is -2.15. The summed E-state index contributed by atoms with van der Waals surface area (Å²) in [5.41, 5.74) is 2.41. The third kappa shape index (κ3) is 5.45. The van der Waals surface area contributed by atoms with E-state index in [2.05, 4.69) is 31.4 Å². The van der Waals surface area contributed by atoms with E-state index < -0.39 is 0 Å². The average Bonchev–Trinajstić information content (AvgIpc) is 3.16. The highest BCUT2D eigenvalue weighted by Crippen LogP contribution is 2.28. The predicted octanol–water partition coefficient (Wildman–Crippen LogP) is 5.18. The molecule has 150 valence electrons. The Morgan fingerprint density at radius 2 is 1.72 bits per heavy atom. The Balaban J connectivity index is 1.64. The molecule has 3 aromatic rings. The summed E-state index contributed by atoms with van der Waals surface area (Å²) in [6.45, 7) is 6.34. The van der Waals surface area contributed by atoms with Crippen molar-refractivity contribution in [2.45, 2.75) is 32.6 Å². The van der Waals surface area contributed by atoms with E-state index in [9.17, 15) is 14.7 Å². The van der Waals surface area contributed by atoms with Gasteiger partial charge in [-0.15, -0.1) is 11.3 Å². The standard InChI is InChI=1S/C23H24N2O3S/c1-23(2,3)16-8-6-15(7-9-16)22(28)25-19-11-10-17(13-20(19)26)24-21(27)14-18-5-4-12-29-18/h4-13,26H,14H2,1-3H3,(H,24,27)(H,25,28). The summed E-state index contributed by atoms with van der Waals surface area (Å²) in [6, 6.07) is 15.8. The van der Waals surface area contributed by atoms with Crippen molar-refractivity contribution in [1.29, 1.82) is 0 Å². The van der Waals surface area contributed by atoms with E-state index in [0.29, 0.717) is 11.3 Å². The molecule has 2 aromatic carbocycles. The first-order valence-electron chi connectivity index (χ1n) is 9.29. The van der Waals surface area contributed by atoms with E-state index in [1.54, 1.807) is 24.3 Å². The Kier molecular flexibility index (Phi) is 6.03. The van der Waals surface area contributed by atoms with Crippen molar-refractivity contribution in [3.05, 3.63) is 76.0 Å². The summed E-state index contributed by atoms with van der Waals surface area (Å²) in [4.78, 5) is 25.5. The van der Waals surface area contributed by atoms with Crippen LogP contribution in [0, 0.1) is 0 Å². The number of carbonyl (C=O) groups excluding carboxylic acids is 2. The van der Waals surface area contributed by atoms with Crippen LogP contribution in [0.4, 0.5) is 11.4 Å². The van der Waals surface area contributed by atoms with Crippen molar-refractivity contribution in [1.82, 2.24) is 0 Å². The SMILES string of the molecule is CC(C)(C)c1ccc(C(=O)Nc2ccc(NC(=O)Cc3cccs3)cc2O)cc1. The maximum Gasteiger partial charge on any atom is 0.255 e. The molecule has 6 heteroatoms. The second kappa shape index (κ2) is 8.49. The van der Waals surface area contributed by atoms with Crippen molar-refractivity contribution in [3.63, 3.8) is 0 Å². The molecular formula is C23H24N2O3S. The number of phenolic OH excluding ortho intramolecular Hbond substituents is 1. The fourth-order valence-corrected chi connectivity index (χ4v) is 3.51. The summed E-state index contributed by atoms with van der Waals surface area (Å²) in [6.07, 6.45) is 0.279. The molecule has 29 heavy (non-hydrogen) atoms. The van der Waals surface area contributed by atoms with Gasteiger partial charge >= 0.3 is 0 Å². The van der Waals surface area contributed by atoms with Crippen LogP contribution in [0.25, 0.3) is 0 Å². The normalized spacial score (nSPS) is 11.1. The van der Waals surface area contributed by atoms with E-state index in [1.165, 1.54) is 17.4 Å². The lowest BCUT2D eigenvalue weighted by atomic mass is 9.87. The van der Waals surface area contributed by atoms with Crippen molar-refractivity contribution < 1.29 is 14.7 Å². The maximum atomic E-state index is 12.5. The molecule has 0 bridgehead atoms. The quantitative estimate of drug-likeness (QED) is 0.509. The summed E-state index contributed by atoms with van der Waals surface area (Å²) in [5.74, 6) is -0.587. The third-order valence-corrected chi connectivity index (χ3v) is 5.33. The van der Waals surface area contributed by atoms with Crippen molar-refractivity contribution in [3.8, 4) is 5.75 Å². The first kappa shape index (κ1) is 20.6. The molecule has 0 aliphatic heterocycles. The van der Waals surface area contributed by atoms with Crippen LogP contribution < -0.4 is 10.6 Å². The van der Waals surface area contributed by atoms with E-state index in [0.717, 1.165) is 10.4 Å². The Labute approximate surface area is 174 Å². The second-order valence-corrected chi connectivity index (χ2v) is 8.85. The van der Waals surface area contributed by atoms with Crippen LogP contribution in [-0.2, 0) is 16.6 Å². The lowest BCUT2D eigenvalue weighted by molar-refractivity contribution is -0.115. The highest BCUT2D eigenvalue weighted by molar-refractivity contribution is 7.10. The number of phenols is 1. The fourth-order valence-electron chi connectivity index (χ4n) is 2.81. The second-order valence-electron chi connectivity index (χ2n) is 7.82. The average molecular weight is 409 g/mol. The number of carbonyl (C=O) groups is 2. The molecule has 0 aliphatic rings. The highest BCUT2D eigenvalue weighted by Gasteiger charge is 2.15. The first-order valence-corrected chi connectivity index (χ1v) is 10.2. The van der Waals surface area contributed by atoms with Gasteiger partial charge in [0, 0.05) is 22.2 Å². The van der Waals surface area contributed by atoms with Crippen molar-refractivity contribution in [2.24, 2.45) is 0 Å². The summed E-state index contributed by atoms with van der Waals surface area (Å²) in [5, 5.41) is 17.6. The van der Waals surface area contributed by atoms with Gasteiger partial charge in [-0.05, 0) is 46.7 Å². The van der Waals surface area contributed by atoms with Gasteiger partial charge in [0.15, 0.2) is 0 Å². The van der Waals surface area contributed by atoms with E-state index in [-0.39, 0.29) is 35.1 Å². The molecule has 3 N–H and O–H groups in total. The van der Waals surface area contributed by atoms with Crippen LogP contribution in [0.3, 0.4) is 0 Å². The van der Waals surface area contributed by atoms with Gasteiger partial charge in [0.2, 0.25) is 5.91 Å². The number of hydrogen-bond donors (Lipinski definition) is 3. The number of aromatic hydroxyl groups is 1. The van der Waals surface area contributed by atoms with Gasteiger partial charge in [0.05, 0.1) is 12.1 Å². The molecule has 2 amide bonds. The zero-order valence-electron chi connectivity index (χ0n) is 16.7. The molecule has 0 unspecified atom stereocenters. The Hall–Kier alpha value is -3.12. The van der Waals surface area contributed by atoms with Gasteiger partial charge < -0.3 is 15.7 Å². The Morgan fingerprint density at radius 1 is 1.00 bits per heavy atom. The summed E-state index contributed by atoms with van der Waals surface area (Å²) in [7, 11) is 0. The molecule has 0 saturated carbocycles. The summed E-state index contributed by atoms with van der Waals surface area (Å²) < 4.78 is 0. The minimum Gasteiger partial charge on any atom is -0.506 e. The van der Waals surface area contributed by atoms with Crippen LogP contribution in [0.15, 0.2) is 60.0 Å². The van der Waals surface area contributed by atoms with Crippen LogP contribution >= 0.6 is 11.3 Å². The fraction of sp³-hybridized carbons (Fsp3) is 0.217. The Bertz CT molecular complexity index is 1000.